The number of unbranched alkanes of at least 4 members (excludes halogenated alkanes) is 1. The maximum atomic E-state index is 12.2. The maximum absolute atomic E-state index is 12.2. The van der Waals surface area contributed by atoms with Gasteiger partial charge in [0.05, 0.1) is 13.2 Å². The van der Waals surface area contributed by atoms with Crippen LogP contribution in [0.4, 0.5) is 0 Å². The van der Waals surface area contributed by atoms with Crippen molar-refractivity contribution in [2.75, 3.05) is 13.2 Å². The number of benzene rings is 2. The van der Waals surface area contributed by atoms with Gasteiger partial charge in [-0.3, -0.25) is 0 Å². The topological polar surface area (TPSA) is 201 Å². The van der Waals surface area contributed by atoms with Crippen LogP contribution < -0.4 is 0 Å². The summed E-state index contributed by atoms with van der Waals surface area (Å²) in [5.74, 6) is 11.4. The number of rotatable bonds is 5. The van der Waals surface area contributed by atoms with Gasteiger partial charge in [0.1, 0.15) is 66.6 Å². The Bertz CT molecular complexity index is 1360. The molecule has 2 aromatic rings. The van der Waals surface area contributed by atoms with Crippen molar-refractivity contribution in [1.29, 1.82) is 0 Å². The largest absolute Gasteiger partial charge is 0.394 e. The summed E-state index contributed by atoms with van der Waals surface area (Å²) in [4.78, 5) is 0. The van der Waals surface area contributed by atoms with Crippen LogP contribution >= 0.6 is 0 Å². The highest BCUT2D eigenvalue weighted by molar-refractivity contribution is 5.81. The molecule has 10 atom stereocenters. The molecule has 2 aromatic carbocycles. The van der Waals surface area contributed by atoms with Gasteiger partial charge >= 0.3 is 0 Å². The van der Waals surface area contributed by atoms with Crippen molar-refractivity contribution >= 4 is 0 Å². The van der Waals surface area contributed by atoms with E-state index in [1.165, 1.54) is 0 Å². The molecule has 0 radical (unpaired) electrons. The van der Waals surface area contributed by atoms with Crippen LogP contribution in [0.25, 0.3) is 11.1 Å². The molecule has 2 fully saturated rings. The fourth-order valence-corrected chi connectivity index (χ4v) is 6.00. The predicted octanol–water partition coefficient (Wildman–Crippen LogP) is -1.52. The van der Waals surface area contributed by atoms with Gasteiger partial charge in [-0.15, -0.1) is 0 Å². The van der Waals surface area contributed by atoms with E-state index >= 15 is 0 Å². The second kappa shape index (κ2) is 13.2. The van der Waals surface area contributed by atoms with Gasteiger partial charge in [0.15, 0.2) is 0 Å². The molecule has 0 spiro atoms. The summed E-state index contributed by atoms with van der Waals surface area (Å²) in [7, 11) is 0. The van der Waals surface area contributed by atoms with Crippen molar-refractivity contribution in [2.45, 2.75) is 92.8 Å². The van der Waals surface area contributed by atoms with E-state index in [9.17, 15) is 46.0 Å². The number of aliphatic hydroxyl groups excluding tert-OH is 8. The molecule has 0 aromatic heterocycles. The summed E-state index contributed by atoms with van der Waals surface area (Å²) >= 11 is 0. The minimum absolute atomic E-state index is 0.413. The normalized spacial score (nSPS) is 33.8. The minimum Gasteiger partial charge on any atom is -0.394 e. The first-order valence-electron chi connectivity index (χ1n) is 14.7. The van der Waals surface area contributed by atoms with Crippen LogP contribution in [0.15, 0.2) is 36.4 Å². The third-order valence-electron chi connectivity index (χ3n) is 8.61. The van der Waals surface area contributed by atoms with Crippen LogP contribution in [-0.4, -0.2) is 120 Å². The van der Waals surface area contributed by atoms with Gasteiger partial charge in [0, 0.05) is 11.1 Å². The standard InChI is InChI=1S/C33H38O11/c1-2-3-12-33(42)21-13-17(6-10-23-27(36)31(40)29(38)25(15-34)43-23)4-8-19(21)20-9-5-18(14-22(20)33)7-11-24-28(37)32(41)30(39)26(16-35)44-24/h4-5,8-9,13-14,23-32,34-42H,2-3,12,15-16H2,1H3/t23-,24-,25-,26-,27-,28-,29-,30-,31-,32-/m1/s1. The number of fused-ring (bicyclic) bond motifs is 3. The van der Waals surface area contributed by atoms with E-state index in [2.05, 4.69) is 23.7 Å². The molecule has 2 heterocycles. The lowest BCUT2D eigenvalue weighted by Crippen LogP contribution is -2.58. The Balaban J connectivity index is 1.45. The number of hydrogen-bond acceptors (Lipinski definition) is 11. The molecular formula is C33H38O11. The molecule has 236 valence electrons. The van der Waals surface area contributed by atoms with Crippen LogP contribution in [0.2, 0.25) is 0 Å². The zero-order valence-electron chi connectivity index (χ0n) is 24.1. The summed E-state index contributed by atoms with van der Waals surface area (Å²) in [5.41, 5.74) is 2.57. The molecule has 11 nitrogen and oxygen atoms in total. The fraction of sp³-hybridized carbons (Fsp3) is 0.515. The van der Waals surface area contributed by atoms with Crippen molar-refractivity contribution in [3.63, 3.8) is 0 Å². The molecular weight excluding hydrogens is 572 g/mol. The monoisotopic (exact) mass is 610 g/mol. The van der Waals surface area contributed by atoms with E-state index in [1.807, 2.05) is 19.1 Å². The van der Waals surface area contributed by atoms with Crippen LogP contribution in [0.1, 0.15) is 48.4 Å². The molecule has 3 aliphatic rings. The van der Waals surface area contributed by atoms with Gasteiger partial charge < -0.3 is 55.4 Å². The van der Waals surface area contributed by atoms with E-state index in [0.717, 1.165) is 24.0 Å². The predicted molar refractivity (Wildman–Crippen MR) is 156 cm³/mol. The number of ether oxygens (including phenoxy) is 2. The third kappa shape index (κ3) is 5.90. The molecule has 2 saturated heterocycles. The van der Waals surface area contributed by atoms with Crippen LogP contribution in [-0.2, 0) is 15.1 Å². The molecule has 1 aliphatic carbocycles. The van der Waals surface area contributed by atoms with E-state index in [1.54, 1.807) is 24.3 Å². The van der Waals surface area contributed by atoms with Crippen LogP contribution in [0.3, 0.4) is 0 Å². The first-order valence-corrected chi connectivity index (χ1v) is 14.7. The first kappa shape index (κ1) is 32.5. The fourth-order valence-electron chi connectivity index (χ4n) is 6.00. The molecule has 44 heavy (non-hydrogen) atoms. The lowest BCUT2D eigenvalue weighted by molar-refractivity contribution is -0.214. The Morgan fingerprint density at radius 1 is 0.659 bits per heavy atom. The first-order chi connectivity index (χ1) is 21.0. The van der Waals surface area contributed by atoms with Crippen LogP contribution in [0, 0.1) is 23.7 Å². The zero-order valence-corrected chi connectivity index (χ0v) is 24.1. The van der Waals surface area contributed by atoms with E-state index in [4.69, 9.17) is 9.47 Å². The maximum Gasteiger partial charge on any atom is 0.147 e. The van der Waals surface area contributed by atoms with E-state index < -0.39 is 79.9 Å². The average molecular weight is 611 g/mol. The summed E-state index contributed by atoms with van der Waals surface area (Å²) in [6.45, 7) is 0.907. The SMILES string of the molecule is CCCCC1(O)c2cc(C#C[C@H]3O[C@H](CO)[C@@H](O)[C@H](O)[C@@H]3O)ccc2-c2ccc(C#C[C@H]3O[C@H](CO)[C@@H](O)[C@H](O)[C@@H]3O)cc21. The summed E-state index contributed by atoms with van der Waals surface area (Å²) in [5, 5.41) is 92.0. The Labute approximate surface area is 255 Å². The molecule has 5 rings (SSSR count). The Kier molecular flexibility index (Phi) is 9.78. The Hall–Kier alpha value is -2.88. The lowest BCUT2D eigenvalue weighted by Gasteiger charge is -2.37. The van der Waals surface area contributed by atoms with Gasteiger partial charge in [0.25, 0.3) is 0 Å². The number of hydrogen-bond donors (Lipinski definition) is 9. The van der Waals surface area contributed by atoms with Crippen molar-refractivity contribution < 1.29 is 55.4 Å². The lowest BCUT2D eigenvalue weighted by atomic mass is 9.85. The van der Waals surface area contributed by atoms with Crippen molar-refractivity contribution in [3.8, 4) is 34.8 Å². The molecule has 2 aliphatic heterocycles. The second-order valence-corrected chi connectivity index (χ2v) is 11.5. The molecule has 0 bridgehead atoms. The van der Waals surface area contributed by atoms with Crippen molar-refractivity contribution in [2.24, 2.45) is 0 Å². The molecule has 0 amide bonds. The Morgan fingerprint density at radius 3 is 1.48 bits per heavy atom. The van der Waals surface area contributed by atoms with Gasteiger partial charge in [-0.25, -0.2) is 0 Å². The molecule has 9 N–H and O–H groups in total. The van der Waals surface area contributed by atoms with E-state index in [-0.39, 0.29) is 0 Å². The second-order valence-electron chi connectivity index (χ2n) is 11.5. The highest BCUT2D eigenvalue weighted by atomic mass is 16.5. The highest BCUT2D eigenvalue weighted by Crippen LogP contribution is 2.50. The van der Waals surface area contributed by atoms with Gasteiger partial charge in [-0.05, 0) is 52.9 Å². The minimum atomic E-state index is -1.54. The third-order valence-corrected chi connectivity index (χ3v) is 8.61. The van der Waals surface area contributed by atoms with Gasteiger partial charge in [-0.2, -0.15) is 0 Å². The van der Waals surface area contributed by atoms with E-state index in [0.29, 0.717) is 28.7 Å². The van der Waals surface area contributed by atoms with Crippen LogP contribution in [0.5, 0.6) is 0 Å². The zero-order chi connectivity index (χ0) is 31.8. The molecule has 0 unspecified atom stereocenters. The summed E-state index contributed by atoms with van der Waals surface area (Å²) in [6.07, 6.45) is -11.5. The van der Waals surface area contributed by atoms with Crippen molar-refractivity contribution in [3.05, 3.63) is 58.7 Å². The molecule has 11 heteroatoms. The molecule has 0 saturated carbocycles. The smallest absolute Gasteiger partial charge is 0.147 e. The van der Waals surface area contributed by atoms with Gasteiger partial charge in [0.2, 0.25) is 0 Å². The number of aliphatic hydroxyl groups is 9. The van der Waals surface area contributed by atoms with Crippen molar-refractivity contribution in [1.82, 2.24) is 0 Å². The summed E-state index contributed by atoms with van der Waals surface area (Å²) in [6, 6.07) is 10.7. The van der Waals surface area contributed by atoms with Gasteiger partial charge in [-0.1, -0.05) is 55.6 Å². The Morgan fingerprint density at radius 2 is 1.09 bits per heavy atom. The summed E-state index contributed by atoms with van der Waals surface area (Å²) < 4.78 is 11.0. The average Bonchev–Trinajstić information content (AvgIpc) is 3.27. The quantitative estimate of drug-likeness (QED) is 0.178. The highest BCUT2D eigenvalue weighted by Gasteiger charge is 2.44.